The van der Waals surface area contributed by atoms with E-state index in [1.165, 1.54) is 0 Å². The van der Waals surface area contributed by atoms with Gasteiger partial charge in [-0.25, -0.2) is 0 Å². The van der Waals surface area contributed by atoms with Crippen LogP contribution < -0.4 is 4.74 Å². The Morgan fingerprint density at radius 3 is 2.69 bits per heavy atom. The molecule has 4 nitrogen and oxygen atoms in total. The Hall–Kier alpha value is -1.84. The maximum Gasteiger partial charge on any atom is 0.240 e. The van der Waals surface area contributed by atoms with Crippen LogP contribution in [0.5, 0.6) is 5.75 Å². The highest BCUT2D eigenvalue weighted by Gasteiger charge is 2.16. The molecule has 1 aromatic carbocycles. The zero-order chi connectivity index (χ0) is 11.8. The van der Waals surface area contributed by atoms with Crippen molar-refractivity contribution in [2.24, 2.45) is 0 Å². The zero-order valence-electron chi connectivity index (χ0n) is 9.04. The van der Waals surface area contributed by atoms with Gasteiger partial charge >= 0.3 is 0 Å². The van der Waals surface area contributed by atoms with E-state index in [2.05, 4.69) is 6.58 Å². The molecule has 0 spiro atoms. The van der Waals surface area contributed by atoms with Gasteiger partial charge in [-0.15, -0.1) is 6.58 Å². The van der Waals surface area contributed by atoms with E-state index in [0.717, 1.165) is 0 Å². The van der Waals surface area contributed by atoms with Gasteiger partial charge < -0.3 is 4.74 Å². The largest absolute Gasteiger partial charge is 0.484 e. The first-order valence-electron chi connectivity index (χ1n) is 5.16. The van der Waals surface area contributed by atoms with Gasteiger partial charge in [-0.2, -0.15) is 0 Å². The monoisotopic (exact) mass is 221 g/mol. The summed E-state index contributed by atoms with van der Waals surface area (Å²) < 4.78 is 5.54. The molecule has 0 aromatic heterocycles. The fourth-order valence-electron chi connectivity index (χ4n) is 1.35. The molecule has 0 amide bonds. The summed E-state index contributed by atoms with van der Waals surface area (Å²) in [7, 11) is 0. The summed E-state index contributed by atoms with van der Waals surface area (Å²) in [5.41, 5.74) is 0. The molecule has 86 valence electrons. The Morgan fingerprint density at radius 2 is 2.12 bits per heavy atom. The van der Waals surface area contributed by atoms with Crippen LogP contribution in [0.4, 0.5) is 0 Å². The topological polar surface area (TPSA) is 52.4 Å². The van der Waals surface area contributed by atoms with E-state index in [9.17, 15) is 10.1 Å². The smallest absolute Gasteiger partial charge is 0.240 e. The van der Waals surface area contributed by atoms with Crippen LogP contribution in [-0.4, -0.2) is 17.6 Å². The van der Waals surface area contributed by atoms with Crippen LogP contribution in [-0.2, 0) is 0 Å². The van der Waals surface area contributed by atoms with Gasteiger partial charge in [0, 0.05) is 4.92 Å². The third-order valence-corrected chi connectivity index (χ3v) is 2.09. The van der Waals surface area contributed by atoms with E-state index in [4.69, 9.17) is 4.74 Å². The second-order valence-electron chi connectivity index (χ2n) is 3.43. The second kappa shape index (κ2) is 6.61. The van der Waals surface area contributed by atoms with Crippen LogP contribution in [0.2, 0.25) is 0 Å². The number of rotatable bonds is 7. The summed E-state index contributed by atoms with van der Waals surface area (Å²) in [6, 6.07) is 9.14. The van der Waals surface area contributed by atoms with Crippen LogP contribution in [0, 0.1) is 10.1 Å². The van der Waals surface area contributed by atoms with Gasteiger partial charge in [-0.3, -0.25) is 10.1 Å². The fraction of sp³-hybridized carbons (Fsp3) is 0.333. The minimum absolute atomic E-state index is 0.178. The van der Waals surface area contributed by atoms with Gasteiger partial charge in [0.15, 0.2) is 6.10 Å². The Kier molecular flexibility index (Phi) is 5.05. The number of allylic oxidation sites excluding steroid dienone is 1. The summed E-state index contributed by atoms with van der Waals surface area (Å²) in [5.74, 6) is 0.665. The summed E-state index contributed by atoms with van der Waals surface area (Å²) in [6.45, 7) is 3.42. The van der Waals surface area contributed by atoms with Crippen molar-refractivity contribution in [2.45, 2.75) is 18.9 Å². The molecule has 0 aliphatic rings. The minimum Gasteiger partial charge on any atom is -0.484 e. The number of hydrogen-bond acceptors (Lipinski definition) is 3. The number of nitro groups is 1. The van der Waals surface area contributed by atoms with E-state index in [-0.39, 0.29) is 11.5 Å². The first kappa shape index (κ1) is 12.2. The highest BCUT2D eigenvalue weighted by molar-refractivity contribution is 5.21. The van der Waals surface area contributed by atoms with Gasteiger partial charge in [0.05, 0.1) is 0 Å². The maximum atomic E-state index is 10.5. The van der Waals surface area contributed by atoms with Crippen molar-refractivity contribution in [1.29, 1.82) is 0 Å². The first-order chi connectivity index (χ1) is 7.72. The summed E-state index contributed by atoms with van der Waals surface area (Å²) in [6.07, 6.45) is 2.67. The molecule has 0 aliphatic heterocycles. The molecule has 0 saturated carbocycles. The molecular weight excluding hydrogens is 206 g/mol. The summed E-state index contributed by atoms with van der Waals surface area (Å²) in [5, 5.41) is 10.5. The third-order valence-electron chi connectivity index (χ3n) is 2.09. The molecule has 0 radical (unpaired) electrons. The molecule has 1 atom stereocenters. The molecule has 0 heterocycles. The SMILES string of the molecule is C=CCCC(C[N+](=O)[O-])Oc1ccccc1. The Balaban J connectivity index is 2.55. The number of ether oxygens (including phenoxy) is 1. The van der Waals surface area contributed by atoms with Crippen molar-refractivity contribution in [3.05, 3.63) is 53.1 Å². The van der Waals surface area contributed by atoms with Gasteiger partial charge in [0.2, 0.25) is 6.54 Å². The molecule has 4 heteroatoms. The van der Waals surface area contributed by atoms with Crippen molar-refractivity contribution in [2.75, 3.05) is 6.54 Å². The standard InChI is InChI=1S/C12H15NO3/c1-2-3-7-12(10-13(14)15)16-11-8-5-4-6-9-11/h2,4-6,8-9,12H,1,3,7,10H2. The molecule has 0 fully saturated rings. The average molecular weight is 221 g/mol. The molecule has 1 rings (SSSR count). The Morgan fingerprint density at radius 1 is 1.44 bits per heavy atom. The predicted molar refractivity (Wildman–Crippen MR) is 62.2 cm³/mol. The second-order valence-corrected chi connectivity index (χ2v) is 3.43. The van der Waals surface area contributed by atoms with Gasteiger partial charge in [0.25, 0.3) is 0 Å². The van der Waals surface area contributed by atoms with Crippen molar-refractivity contribution < 1.29 is 9.66 Å². The normalized spacial score (nSPS) is 11.8. The molecule has 1 aromatic rings. The van der Waals surface area contributed by atoms with Crippen LogP contribution in [0.3, 0.4) is 0 Å². The molecule has 0 aliphatic carbocycles. The molecule has 16 heavy (non-hydrogen) atoms. The third kappa shape index (κ3) is 4.59. The lowest BCUT2D eigenvalue weighted by Gasteiger charge is -2.14. The van der Waals surface area contributed by atoms with Gasteiger partial charge in [-0.05, 0) is 25.0 Å². The fourth-order valence-corrected chi connectivity index (χ4v) is 1.35. The van der Waals surface area contributed by atoms with Gasteiger partial charge in [-0.1, -0.05) is 24.3 Å². The van der Waals surface area contributed by atoms with E-state index in [1.54, 1.807) is 18.2 Å². The minimum atomic E-state index is -0.393. The molecule has 1 unspecified atom stereocenters. The number of hydrogen-bond donors (Lipinski definition) is 0. The number of para-hydroxylation sites is 1. The maximum absolute atomic E-state index is 10.5. The van der Waals surface area contributed by atoms with Crippen molar-refractivity contribution in [1.82, 2.24) is 0 Å². The summed E-state index contributed by atoms with van der Waals surface area (Å²) >= 11 is 0. The predicted octanol–water partition coefficient (Wildman–Crippen LogP) is 2.68. The molecule has 0 saturated heterocycles. The lowest BCUT2D eigenvalue weighted by Crippen LogP contribution is -2.26. The highest BCUT2D eigenvalue weighted by Crippen LogP contribution is 2.13. The lowest BCUT2D eigenvalue weighted by atomic mass is 10.2. The van der Waals surface area contributed by atoms with Crippen molar-refractivity contribution in [3.8, 4) is 5.75 Å². The van der Waals surface area contributed by atoms with Crippen LogP contribution in [0.1, 0.15) is 12.8 Å². The summed E-state index contributed by atoms with van der Waals surface area (Å²) in [4.78, 5) is 10.1. The highest BCUT2D eigenvalue weighted by atomic mass is 16.6. The Bertz CT molecular complexity index is 337. The van der Waals surface area contributed by atoms with Gasteiger partial charge in [0.1, 0.15) is 5.75 Å². The number of nitrogens with zero attached hydrogens (tertiary/aromatic N) is 1. The van der Waals surface area contributed by atoms with Crippen LogP contribution in [0.15, 0.2) is 43.0 Å². The average Bonchev–Trinajstić information content (AvgIpc) is 2.26. The van der Waals surface area contributed by atoms with E-state index in [1.807, 2.05) is 18.2 Å². The zero-order valence-corrected chi connectivity index (χ0v) is 9.04. The van der Waals surface area contributed by atoms with Crippen molar-refractivity contribution in [3.63, 3.8) is 0 Å². The molecule has 0 bridgehead atoms. The quantitative estimate of drug-likeness (QED) is 0.404. The number of benzene rings is 1. The van der Waals surface area contributed by atoms with Crippen LogP contribution >= 0.6 is 0 Å². The molecule has 0 N–H and O–H groups in total. The van der Waals surface area contributed by atoms with Crippen LogP contribution in [0.25, 0.3) is 0 Å². The lowest BCUT2D eigenvalue weighted by molar-refractivity contribution is -0.489. The van der Waals surface area contributed by atoms with Crippen molar-refractivity contribution >= 4 is 0 Å². The Labute approximate surface area is 94.7 Å². The first-order valence-corrected chi connectivity index (χ1v) is 5.16. The van der Waals surface area contributed by atoms with E-state index in [0.29, 0.717) is 18.6 Å². The van der Waals surface area contributed by atoms with E-state index >= 15 is 0 Å². The van der Waals surface area contributed by atoms with E-state index < -0.39 is 6.10 Å². The molecular formula is C12H15NO3.